The van der Waals surface area contributed by atoms with Gasteiger partial charge in [-0.15, -0.1) is 0 Å². The van der Waals surface area contributed by atoms with Crippen molar-refractivity contribution >= 4 is 0 Å². The minimum Gasteiger partial charge on any atom is -0.305 e. The van der Waals surface area contributed by atoms with Gasteiger partial charge in [0.05, 0.1) is 0 Å². The van der Waals surface area contributed by atoms with Crippen LogP contribution >= 0.6 is 0 Å². The standard InChI is InChI=1S/C21H39N3/c1-18(2)11-20(5-6-20)15-23-9-7-19(3,8-10-23)12-24-16-21(17-24)13-22(4)14-21/h18H,5-17H2,1-4H3. The van der Waals surface area contributed by atoms with Crippen LogP contribution in [0.1, 0.15) is 52.9 Å². The predicted molar refractivity (Wildman–Crippen MR) is 101 cm³/mol. The van der Waals surface area contributed by atoms with E-state index in [9.17, 15) is 0 Å². The first-order valence-corrected chi connectivity index (χ1v) is 10.4. The maximum atomic E-state index is 2.80. The number of nitrogens with zero attached hydrogens (tertiary/aromatic N) is 3. The molecule has 4 fully saturated rings. The van der Waals surface area contributed by atoms with Crippen LogP contribution in [-0.4, -0.2) is 74.1 Å². The van der Waals surface area contributed by atoms with Gasteiger partial charge in [-0.2, -0.15) is 0 Å². The molecule has 3 heterocycles. The van der Waals surface area contributed by atoms with Crippen LogP contribution in [-0.2, 0) is 0 Å². The Labute approximate surface area is 149 Å². The number of hydrogen-bond donors (Lipinski definition) is 0. The fraction of sp³-hybridized carbons (Fsp3) is 1.00. The van der Waals surface area contributed by atoms with E-state index in [4.69, 9.17) is 0 Å². The van der Waals surface area contributed by atoms with E-state index in [1.54, 1.807) is 0 Å². The van der Waals surface area contributed by atoms with E-state index >= 15 is 0 Å². The molecule has 1 spiro atoms. The lowest BCUT2D eigenvalue weighted by molar-refractivity contribution is -0.119. The molecule has 3 aliphatic heterocycles. The molecule has 4 aliphatic rings. The van der Waals surface area contributed by atoms with Crippen molar-refractivity contribution < 1.29 is 0 Å². The zero-order valence-electron chi connectivity index (χ0n) is 16.6. The molecule has 1 aliphatic carbocycles. The Morgan fingerprint density at radius 1 is 0.833 bits per heavy atom. The van der Waals surface area contributed by atoms with Gasteiger partial charge in [0.1, 0.15) is 0 Å². The minimum atomic E-state index is 0.572. The zero-order chi connectivity index (χ0) is 17.0. The Bertz CT molecular complexity index is 446. The van der Waals surface area contributed by atoms with Gasteiger partial charge in [-0.25, -0.2) is 0 Å². The Morgan fingerprint density at radius 2 is 1.46 bits per heavy atom. The largest absolute Gasteiger partial charge is 0.305 e. The third kappa shape index (κ3) is 3.54. The summed E-state index contributed by atoms with van der Waals surface area (Å²) in [6, 6.07) is 0. The smallest absolute Gasteiger partial charge is 0.0212 e. The molecule has 0 aromatic rings. The predicted octanol–water partition coefficient (Wildman–Crippen LogP) is 3.16. The lowest BCUT2D eigenvalue weighted by Gasteiger charge is -2.61. The first-order valence-electron chi connectivity index (χ1n) is 10.4. The molecular formula is C21H39N3. The molecule has 0 amide bonds. The van der Waals surface area contributed by atoms with Gasteiger partial charge in [0.15, 0.2) is 0 Å². The van der Waals surface area contributed by atoms with Gasteiger partial charge in [-0.1, -0.05) is 20.8 Å². The molecule has 1 saturated carbocycles. The Kier molecular flexibility index (Phi) is 4.29. The van der Waals surface area contributed by atoms with E-state index in [1.165, 1.54) is 84.5 Å². The van der Waals surface area contributed by atoms with Gasteiger partial charge in [-0.3, -0.25) is 0 Å². The second-order valence-corrected chi connectivity index (χ2v) is 11.0. The topological polar surface area (TPSA) is 9.72 Å². The van der Waals surface area contributed by atoms with Gasteiger partial charge in [0.2, 0.25) is 0 Å². The summed E-state index contributed by atoms with van der Waals surface area (Å²) in [5.41, 5.74) is 1.98. The van der Waals surface area contributed by atoms with Crippen molar-refractivity contribution in [3.05, 3.63) is 0 Å². The highest BCUT2D eigenvalue weighted by Gasteiger charge is 2.51. The number of hydrogen-bond acceptors (Lipinski definition) is 3. The molecule has 0 N–H and O–H groups in total. The third-order valence-corrected chi connectivity index (χ3v) is 7.35. The van der Waals surface area contributed by atoms with Crippen molar-refractivity contribution in [1.82, 2.24) is 14.7 Å². The molecule has 0 unspecified atom stereocenters. The molecule has 0 atom stereocenters. The van der Waals surface area contributed by atoms with Gasteiger partial charge in [0.25, 0.3) is 0 Å². The van der Waals surface area contributed by atoms with Crippen LogP contribution in [0.2, 0.25) is 0 Å². The molecule has 3 saturated heterocycles. The van der Waals surface area contributed by atoms with Crippen molar-refractivity contribution in [2.45, 2.75) is 52.9 Å². The lowest BCUT2D eigenvalue weighted by Crippen LogP contribution is -2.72. The fourth-order valence-corrected chi connectivity index (χ4v) is 6.21. The fourth-order valence-electron chi connectivity index (χ4n) is 6.21. The van der Waals surface area contributed by atoms with Gasteiger partial charge in [-0.05, 0) is 69.0 Å². The Morgan fingerprint density at radius 3 is 1.96 bits per heavy atom. The van der Waals surface area contributed by atoms with Gasteiger partial charge < -0.3 is 14.7 Å². The quantitative estimate of drug-likeness (QED) is 0.739. The second kappa shape index (κ2) is 5.96. The maximum Gasteiger partial charge on any atom is 0.0212 e. The molecule has 0 aromatic heterocycles. The first kappa shape index (κ1) is 17.3. The molecule has 3 heteroatoms. The Hall–Kier alpha value is -0.120. The van der Waals surface area contributed by atoms with E-state index in [-0.39, 0.29) is 0 Å². The molecular weight excluding hydrogens is 294 g/mol. The number of likely N-dealkylation sites (tertiary alicyclic amines) is 3. The highest BCUT2D eigenvalue weighted by atomic mass is 15.3. The SMILES string of the molecule is CC(C)CC1(CN2CCC(C)(CN3CC4(CN(C)C4)C3)CC2)CC1. The van der Waals surface area contributed by atoms with Gasteiger partial charge in [0, 0.05) is 44.7 Å². The summed E-state index contributed by atoms with van der Waals surface area (Å²) in [5, 5.41) is 0. The molecule has 138 valence electrons. The minimum absolute atomic E-state index is 0.572. The highest BCUT2D eigenvalue weighted by molar-refractivity contribution is 5.06. The molecule has 4 rings (SSSR count). The molecule has 24 heavy (non-hydrogen) atoms. The van der Waals surface area contributed by atoms with Crippen molar-refractivity contribution in [3.8, 4) is 0 Å². The first-order chi connectivity index (χ1) is 11.3. The average molecular weight is 334 g/mol. The molecule has 0 aromatic carbocycles. The summed E-state index contributed by atoms with van der Waals surface area (Å²) in [6.07, 6.45) is 7.25. The van der Waals surface area contributed by atoms with E-state index in [2.05, 4.69) is 42.5 Å². The molecule has 3 nitrogen and oxygen atoms in total. The van der Waals surface area contributed by atoms with Crippen LogP contribution in [0.4, 0.5) is 0 Å². The Balaban J connectivity index is 1.20. The van der Waals surface area contributed by atoms with Crippen LogP contribution in [0, 0.1) is 22.2 Å². The van der Waals surface area contributed by atoms with Crippen LogP contribution in [0.25, 0.3) is 0 Å². The molecule has 0 bridgehead atoms. The summed E-state index contributed by atoms with van der Waals surface area (Å²) in [4.78, 5) is 8.03. The van der Waals surface area contributed by atoms with Crippen molar-refractivity contribution in [2.24, 2.45) is 22.2 Å². The van der Waals surface area contributed by atoms with Crippen LogP contribution < -0.4 is 0 Å². The highest BCUT2D eigenvalue weighted by Crippen LogP contribution is 2.51. The number of rotatable bonds is 6. The van der Waals surface area contributed by atoms with Crippen molar-refractivity contribution in [3.63, 3.8) is 0 Å². The van der Waals surface area contributed by atoms with Crippen LogP contribution in [0.5, 0.6) is 0 Å². The summed E-state index contributed by atoms with van der Waals surface area (Å²) in [5.74, 6) is 0.867. The van der Waals surface area contributed by atoms with Gasteiger partial charge >= 0.3 is 0 Å². The summed E-state index contributed by atoms with van der Waals surface area (Å²) < 4.78 is 0. The maximum absolute atomic E-state index is 2.80. The van der Waals surface area contributed by atoms with Crippen LogP contribution in [0.3, 0.4) is 0 Å². The van der Waals surface area contributed by atoms with Crippen LogP contribution in [0.15, 0.2) is 0 Å². The summed E-state index contributed by atoms with van der Waals surface area (Å²) in [7, 11) is 2.26. The average Bonchev–Trinajstić information content (AvgIpc) is 3.16. The van der Waals surface area contributed by atoms with E-state index in [1.807, 2.05) is 0 Å². The third-order valence-electron chi connectivity index (χ3n) is 7.35. The number of piperidine rings is 1. The normalized spacial score (nSPS) is 31.9. The van der Waals surface area contributed by atoms with Crippen molar-refractivity contribution in [1.29, 1.82) is 0 Å². The monoisotopic (exact) mass is 333 g/mol. The zero-order valence-corrected chi connectivity index (χ0v) is 16.6. The molecule has 0 radical (unpaired) electrons. The van der Waals surface area contributed by atoms with E-state index in [0.29, 0.717) is 16.2 Å². The van der Waals surface area contributed by atoms with Crippen molar-refractivity contribution in [2.75, 3.05) is 59.4 Å². The second-order valence-electron chi connectivity index (χ2n) is 11.0. The van der Waals surface area contributed by atoms with E-state index < -0.39 is 0 Å². The lowest BCUT2D eigenvalue weighted by atomic mass is 9.71. The van der Waals surface area contributed by atoms with E-state index in [0.717, 1.165) is 5.92 Å². The summed E-state index contributed by atoms with van der Waals surface area (Å²) >= 11 is 0. The summed E-state index contributed by atoms with van der Waals surface area (Å²) in [6.45, 7) is 18.2.